The number of nitrogens with one attached hydrogen (secondary N) is 2. The Hall–Kier alpha value is -3.92. The summed E-state index contributed by atoms with van der Waals surface area (Å²) in [5.41, 5.74) is 4.91. The van der Waals surface area contributed by atoms with Crippen LogP contribution in [-0.4, -0.2) is 73.5 Å². The smallest absolute Gasteiger partial charge is 0.328 e. The lowest BCUT2D eigenvalue weighted by Crippen LogP contribution is -2.52. The molecule has 0 saturated carbocycles. The van der Waals surface area contributed by atoms with Crippen molar-refractivity contribution in [2.75, 3.05) is 44.7 Å². The second-order valence-electron chi connectivity index (χ2n) is 10.3. The molecule has 10 nitrogen and oxygen atoms in total. The Morgan fingerprint density at radius 3 is 2.29 bits per heavy atom. The number of nitrogens with zero attached hydrogens (tertiary/aromatic N) is 3. The van der Waals surface area contributed by atoms with Crippen LogP contribution in [0, 0.1) is 5.41 Å². The quantitative estimate of drug-likeness (QED) is 0.629. The summed E-state index contributed by atoms with van der Waals surface area (Å²) in [4.78, 5) is 53.0. The number of rotatable bonds is 5. The predicted octanol–water partition coefficient (Wildman–Crippen LogP) is 2.80. The molecule has 10 heteroatoms. The Bertz CT molecular complexity index is 1230. The monoisotopic (exact) mass is 519 g/mol. The number of methoxy groups -OCH3 is 1. The maximum atomic E-state index is 13.3. The molecule has 1 spiro atoms. The van der Waals surface area contributed by atoms with Crippen molar-refractivity contribution in [2.45, 2.75) is 32.1 Å². The number of anilines is 1. The lowest BCUT2D eigenvalue weighted by atomic mass is 9.71. The Morgan fingerprint density at radius 1 is 0.895 bits per heavy atom. The van der Waals surface area contributed by atoms with E-state index in [-0.39, 0.29) is 29.6 Å². The summed E-state index contributed by atoms with van der Waals surface area (Å²) >= 11 is 0. The molecule has 2 aromatic rings. The van der Waals surface area contributed by atoms with Gasteiger partial charge in [0.05, 0.1) is 7.11 Å². The molecule has 3 aliphatic heterocycles. The molecule has 0 bridgehead atoms. The summed E-state index contributed by atoms with van der Waals surface area (Å²) in [6.45, 7) is 3.19. The Balaban J connectivity index is 1.13. The molecular weight excluding hydrogens is 486 g/mol. The van der Waals surface area contributed by atoms with Gasteiger partial charge in [-0.05, 0) is 67.5 Å². The fourth-order valence-electron chi connectivity index (χ4n) is 5.55. The van der Waals surface area contributed by atoms with E-state index in [9.17, 15) is 19.2 Å². The minimum Gasteiger partial charge on any atom is -0.497 e. The topological polar surface area (TPSA) is 111 Å². The molecule has 0 atom stereocenters. The highest BCUT2D eigenvalue weighted by atomic mass is 16.5. The van der Waals surface area contributed by atoms with Crippen molar-refractivity contribution in [1.29, 1.82) is 0 Å². The summed E-state index contributed by atoms with van der Waals surface area (Å²) in [5, 5.41) is 4.31. The first-order valence-corrected chi connectivity index (χ1v) is 13.1. The van der Waals surface area contributed by atoms with Crippen LogP contribution in [0.4, 0.5) is 10.5 Å². The highest BCUT2D eigenvalue weighted by molar-refractivity contribution is 6.06. The number of benzene rings is 2. The Labute approximate surface area is 221 Å². The number of hydrogen-bond donors (Lipinski definition) is 2. The van der Waals surface area contributed by atoms with E-state index in [1.807, 2.05) is 16.0 Å². The first-order valence-electron chi connectivity index (χ1n) is 13.1. The van der Waals surface area contributed by atoms with Gasteiger partial charge in [0.25, 0.3) is 11.8 Å². The molecule has 0 radical (unpaired) electrons. The molecular formula is C28H33N5O5. The van der Waals surface area contributed by atoms with Crippen LogP contribution in [0.5, 0.6) is 5.75 Å². The predicted molar refractivity (Wildman–Crippen MR) is 141 cm³/mol. The van der Waals surface area contributed by atoms with Gasteiger partial charge in [0.15, 0.2) is 0 Å². The highest BCUT2D eigenvalue weighted by Gasteiger charge is 2.39. The Morgan fingerprint density at radius 2 is 1.58 bits per heavy atom. The second-order valence-corrected chi connectivity index (χ2v) is 10.3. The van der Waals surface area contributed by atoms with Gasteiger partial charge in [0.2, 0.25) is 5.91 Å². The van der Waals surface area contributed by atoms with Crippen molar-refractivity contribution in [2.24, 2.45) is 5.41 Å². The molecule has 3 aliphatic rings. The maximum absolute atomic E-state index is 13.3. The van der Waals surface area contributed by atoms with Crippen LogP contribution in [-0.2, 0) is 4.79 Å². The number of carbonyl (C=O) groups excluding carboxylic acids is 4. The molecule has 3 fully saturated rings. The van der Waals surface area contributed by atoms with Crippen molar-refractivity contribution in [1.82, 2.24) is 20.7 Å². The first kappa shape index (κ1) is 25.7. The van der Waals surface area contributed by atoms with Gasteiger partial charge < -0.3 is 9.64 Å². The summed E-state index contributed by atoms with van der Waals surface area (Å²) in [7, 11) is 1.58. The third-order valence-electron chi connectivity index (χ3n) is 7.99. The van der Waals surface area contributed by atoms with Gasteiger partial charge in [-0.3, -0.25) is 30.0 Å². The van der Waals surface area contributed by atoms with Crippen molar-refractivity contribution in [3.8, 4) is 5.75 Å². The fourth-order valence-corrected chi connectivity index (χ4v) is 5.55. The number of piperidine rings is 2. The zero-order valence-electron chi connectivity index (χ0n) is 21.6. The lowest BCUT2D eigenvalue weighted by Gasteiger charge is -2.46. The van der Waals surface area contributed by atoms with E-state index in [1.165, 1.54) is 4.90 Å². The maximum Gasteiger partial charge on any atom is 0.328 e. The average molecular weight is 520 g/mol. The molecule has 3 heterocycles. The summed E-state index contributed by atoms with van der Waals surface area (Å²) in [6.07, 6.45) is 4.01. The van der Waals surface area contributed by atoms with E-state index in [4.69, 9.17) is 4.74 Å². The van der Waals surface area contributed by atoms with Gasteiger partial charge in [0, 0.05) is 56.0 Å². The van der Waals surface area contributed by atoms with Crippen LogP contribution in [0.1, 0.15) is 52.8 Å². The zero-order valence-corrected chi connectivity index (χ0v) is 21.6. The van der Waals surface area contributed by atoms with Crippen molar-refractivity contribution in [3.05, 3.63) is 59.7 Å². The van der Waals surface area contributed by atoms with Gasteiger partial charge in [-0.2, -0.15) is 0 Å². The largest absolute Gasteiger partial charge is 0.497 e. The molecule has 3 saturated heterocycles. The minimum atomic E-state index is -0.461. The first-order chi connectivity index (χ1) is 18.4. The summed E-state index contributed by atoms with van der Waals surface area (Å²) in [5.74, 6) is 0.178. The van der Waals surface area contributed by atoms with Gasteiger partial charge >= 0.3 is 6.03 Å². The lowest BCUT2D eigenvalue weighted by molar-refractivity contribution is -0.120. The summed E-state index contributed by atoms with van der Waals surface area (Å²) in [6, 6.07) is 13.7. The molecule has 2 aromatic carbocycles. The number of carbonyl (C=O) groups is 4. The van der Waals surface area contributed by atoms with Crippen LogP contribution in [0.2, 0.25) is 0 Å². The fraction of sp³-hybridized carbons (Fsp3) is 0.429. The normalized spacial score (nSPS) is 19.7. The molecule has 5 amide bonds. The van der Waals surface area contributed by atoms with Crippen LogP contribution in [0.25, 0.3) is 0 Å². The van der Waals surface area contributed by atoms with E-state index in [2.05, 4.69) is 10.7 Å². The van der Waals surface area contributed by atoms with Crippen molar-refractivity contribution >= 4 is 29.4 Å². The third kappa shape index (κ3) is 5.50. The molecule has 38 heavy (non-hydrogen) atoms. The molecule has 0 unspecified atom stereocenters. The number of hydrogen-bond acceptors (Lipinski definition) is 6. The molecule has 2 N–H and O–H groups in total. The average Bonchev–Trinajstić information content (AvgIpc) is 2.94. The second kappa shape index (κ2) is 10.8. The third-order valence-corrected chi connectivity index (χ3v) is 7.99. The van der Waals surface area contributed by atoms with Crippen LogP contribution >= 0.6 is 0 Å². The van der Waals surface area contributed by atoms with E-state index in [1.54, 1.807) is 49.6 Å². The van der Waals surface area contributed by atoms with Gasteiger partial charge in [-0.1, -0.05) is 12.1 Å². The van der Waals surface area contributed by atoms with Crippen molar-refractivity contribution in [3.63, 3.8) is 0 Å². The number of amides is 5. The number of urea groups is 1. The van der Waals surface area contributed by atoms with Crippen molar-refractivity contribution < 1.29 is 23.9 Å². The highest BCUT2D eigenvalue weighted by Crippen LogP contribution is 2.41. The standard InChI is InChI=1S/C28H33N5O5/c1-38-23-7-3-4-20(19-23)25(35)30-32-16-11-28(12-17-32)9-14-31(15-10-28)26(36)21-5-2-6-22(18-21)33-13-8-24(34)29-27(33)37/h2-7,18-19H,8-17H2,1H3,(H,30,35)(H,29,34,37). The van der Waals surface area contributed by atoms with E-state index in [0.29, 0.717) is 42.2 Å². The van der Waals surface area contributed by atoms with Gasteiger partial charge in [-0.25, -0.2) is 9.80 Å². The number of hydrazine groups is 1. The van der Waals surface area contributed by atoms with Crippen LogP contribution in [0.15, 0.2) is 48.5 Å². The minimum absolute atomic E-state index is 0.0433. The Kier molecular flexibility index (Phi) is 7.33. The zero-order chi connectivity index (χ0) is 26.7. The number of likely N-dealkylation sites (tertiary alicyclic amines) is 1. The SMILES string of the molecule is COc1cccc(C(=O)NN2CCC3(CC2)CCN(C(=O)c2cccc(N4CCC(=O)NC4=O)c2)CC3)c1. The number of imide groups is 1. The molecule has 200 valence electrons. The molecule has 0 aromatic heterocycles. The van der Waals surface area contributed by atoms with E-state index < -0.39 is 6.03 Å². The van der Waals surface area contributed by atoms with Gasteiger partial charge in [0.1, 0.15) is 5.75 Å². The summed E-state index contributed by atoms with van der Waals surface area (Å²) < 4.78 is 5.21. The van der Waals surface area contributed by atoms with E-state index >= 15 is 0 Å². The van der Waals surface area contributed by atoms with Gasteiger partial charge in [-0.15, -0.1) is 0 Å². The molecule has 5 rings (SSSR count). The van der Waals surface area contributed by atoms with Crippen LogP contribution in [0.3, 0.4) is 0 Å². The molecule has 0 aliphatic carbocycles. The van der Waals surface area contributed by atoms with E-state index in [0.717, 1.165) is 38.8 Å². The number of ether oxygens (including phenoxy) is 1. The van der Waals surface area contributed by atoms with Crippen LogP contribution < -0.4 is 20.4 Å².